The van der Waals surface area contributed by atoms with Crippen molar-refractivity contribution in [3.05, 3.63) is 29.8 Å². The van der Waals surface area contributed by atoms with Crippen LogP contribution >= 0.6 is 12.4 Å². The molecule has 0 bridgehead atoms. The SMILES string of the molecule is CCCN1CCC(NS(=O)(=O)c2cc(F)ccc2F)CC1.Cl. The van der Waals surface area contributed by atoms with Crippen LogP contribution < -0.4 is 4.72 Å². The Morgan fingerprint density at radius 1 is 1.27 bits per heavy atom. The van der Waals surface area contributed by atoms with Gasteiger partial charge in [-0.05, 0) is 57.1 Å². The minimum atomic E-state index is -4.03. The average molecular weight is 355 g/mol. The quantitative estimate of drug-likeness (QED) is 0.884. The summed E-state index contributed by atoms with van der Waals surface area (Å²) in [5.41, 5.74) is 0. The number of likely N-dealkylation sites (tertiary alicyclic amines) is 1. The predicted molar refractivity (Wildman–Crippen MR) is 83.7 cm³/mol. The molecule has 0 saturated carbocycles. The molecule has 8 heteroatoms. The molecule has 0 aromatic heterocycles. The summed E-state index contributed by atoms with van der Waals surface area (Å²) in [6.45, 7) is 4.72. The lowest BCUT2D eigenvalue weighted by Gasteiger charge is -2.31. The summed E-state index contributed by atoms with van der Waals surface area (Å²) in [7, 11) is -4.03. The summed E-state index contributed by atoms with van der Waals surface area (Å²) >= 11 is 0. The highest BCUT2D eigenvalue weighted by atomic mass is 35.5. The first kappa shape index (κ1) is 19.3. The molecule has 0 aliphatic carbocycles. The van der Waals surface area contributed by atoms with E-state index < -0.39 is 26.6 Å². The smallest absolute Gasteiger partial charge is 0.243 e. The topological polar surface area (TPSA) is 49.4 Å². The van der Waals surface area contributed by atoms with Gasteiger partial charge in [-0.15, -0.1) is 12.4 Å². The molecular weight excluding hydrogens is 334 g/mol. The molecular formula is C14H21ClF2N2O2S. The molecule has 0 unspecified atom stereocenters. The van der Waals surface area contributed by atoms with Gasteiger partial charge in [0.25, 0.3) is 0 Å². The Kier molecular flexibility index (Phi) is 7.18. The lowest BCUT2D eigenvalue weighted by molar-refractivity contribution is 0.208. The van der Waals surface area contributed by atoms with Gasteiger partial charge in [-0.3, -0.25) is 0 Å². The van der Waals surface area contributed by atoms with Gasteiger partial charge in [0.05, 0.1) is 0 Å². The van der Waals surface area contributed by atoms with E-state index in [-0.39, 0.29) is 18.4 Å². The molecule has 4 nitrogen and oxygen atoms in total. The van der Waals surface area contributed by atoms with E-state index >= 15 is 0 Å². The number of nitrogens with zero attached hydrogens (tertiary/aromatic N) is 1. The highest BCUT2D eigenvalue weighted by molar-refractivity contribution is 7.89. The van der Waals surface area contributed by atoms with Crippen LogP contribution in [0, 0.1) is 11.6 Å². The summed E-state index contributed by atoms with van der Waals surface area (Å²) in [5, 5.41) is 0. The van der Waals surface area contributed by atoms with Gasteiger partial charge in [0.15, 0.2) is 0 Å². The first-order chi connectivity index (χ1) is 9.92. The van der Waals surface area contributed by atoms with Crippen LogP contribution in [0.4, 0.5) is 8.78 Å². The number of benzene rings is 1. The fourth-order valence-corrected chi connectivity index (χ4v) is 3.95. The summed E-state index contributed by atoms with van der Waals surface area (Å²) in [6.07, 6.45) is 2.41. The second-order valence-electron chi connectivity index (χ2n) is 5.31. The number of piperidine rings is 1. The van der Waals surface area contributed by atoms with Crippen molar-refractivity contribution >= 4 is 22.4 Å². The van der Waals surface area contributed by atoms with Crippen molar-refractivity contribution in [2.24, 2.45) is 0 Å². The zero-order valence-electron chi connectivity index (χ0n) is 12.4. The Bertz CT molecular complexity index is 591. The summed E-state index contributed by atoms with van der Waals surface area (Å²) < 4.78 is 53.5. The van der Waals surface area contributed by atoms with Crippen molar-refractivity contribution in [3.63, 3.8) is 0 Å². The Balaban J connectivity index is 0.00000242. The minimum absolute atomic E-state index is 0. The molecule has 1 N–H and O–H groups in total. The number of hydrogen-bond acceptors (Lipinski definition) is 3. The van der Waals surface area contributed by atoms with Crippen molar-refractivity contribution < 1.29 is 17.2 Å². The molecule has 1 heterocycles. The van der Waals surface area contributed by atoms with Crippen LogP contribution in [-0.4, -0.2) is 39.0 Å². The average Bonchev–Trinajstić information content (AvgIpc) is 2.43. The number of nitrogens with one attached hydrogen (secondary N) is 1. The molecule has 0 spiro atoms. The molecule has 0 amide bonds. The van der Waals surface area contributed by atoms with Gasteiger partial charge in [0.2, 0.25) is 10.0 Å². The van der Waals surface area contributed by atoms with Gasteiger partial charge < -0.3 is 4.90 Å². The molecule has 22 heavy (non-hydrogen) atoms. The molecule has 0 atom stereocenters. The fourth-order valence-electron chi connectivity index (χ4n) is 2.56. The highest BCUT2D eigenvalue weighted by Gasteiger charge is 2.26. The summed E-state index contributed by atoms with van der Waals surface area (Å²) in [5.74, 6) is -1.71. The lowest BCUT2D eigenvalue weighted by Crippen LogP contribution is -2.44. The second-order valence-corrected chi connectivity index (χ2v) is 6.99. The summed E-state index contributed by atoms with van der Waals surface area (Å²) in [4.78, 5) is 1.64. The molecule has 1 aliphatic heterocycles. The third-order valence-electron chi connectivity index (χ3n) is 3.63. The Hall–Kier alpha value is -0.760. The van der Waals surface area contributed by atoms with Gasteiger partial charge in [-0.25, -0.2) is 21.9 Å². The van der Waals surface area contributed by atoms with Gasteiger partial charge >= 0.3 is 0 Å². The van der Waals surface area contributed by atoms with Crippen LogP contribution in [0.2, 0.25) is 0 Å². The maximum Gasteiger partial charge on any atom is 0.243 e. The first-order valence-electron chi connectivity index (χ1n) is 7.12. The maximum atomic E-state index is 13.6. The standard InChI is InChI=1S/C14H20F2N2O2S.ClH/c1-2-7-18-8-5-12(6-9-18)17-21(19,20)14-10-11(15)3-4-13(14)16;/h3-4,10,12,17H,2,5-9H2,1H3;1H. The van der Waals surface area contributed by atoms with Crippen molar-refractivity contribution in [1.82, 2.24) is 9.62 Å². The van der Waals surface area contributed by atoms with Crippen LogP contribution in [0.15, 0.2) is 23.1 Å². The molecule has 1 fully saturated rings. The molecule has 1 aliphatic rings. The third kappa shape index (κ3) is 4.87. The maximum absolute atomic E-state index is 13.6. The van der Waals surface area contributed by atoms with Crippen LogP contribution in [-0.2, 0) is 10.0 Å². The van der Waals surface area contributed by atoms with Gasteiger partial charge in [0.1, 0.15) is 16.5 Å². The lowest BCUT2D eigenvalue weighted by atomic mass is 10.1. The van der Waals surface area contributed by atoms with Crippen LogP contribution in [0.1, 0.15) is 26.2 Å². The molecule has 2 rings (SSSR count). The van der Waals surface area contributed by atoms with E-state index in [1.807, 2.05) is 0 Å². The number of hydrogen-bond donors (Lipinski definition) is 1. The second kappa shape index (κ2) is 8.19. The van der Waals surface area contributed by atoms with Crippen LogP contribution in [0.5, 0.6) is 0 Å². The van der Waals surface area contributed by atoms with E-state index in [4.69, 9.17) is 0 Å². The van der Waals surface area contributed by atoms with Crippen LogP contribution in [0.25, 0.3) is 0 Å². The monoisotopic (exact) mass is 354 g/mol. The Labute approximate surface area is 136 Å². The van der Waals surface area contributed by atoms with E-state index in [2.05, 4.69) is 16.5 Å². The largest absolute Gasteiger partial charge is 0.303 e. The van der Waals surface area contributed by atoms with Crippen LogP contribution in [0.3, 0.4) is 0 Å². The first-order valence-corrected chi connectivity index (χ1v) is 8.60. The minimum Gasteiger partial charge on any atom is -0.303 e. The number of rotatable bonds is 5. The normalized spacial score (nSPS) is 17.2. The molecule has 0 radical (unpaired) electrons. The van der Waals surface area contributed by atoms with Gasteiger partial charge in [0, 0.05) is 6.04 Å². The van der Waals surface area contributed by atoms with Gasteiger partial charge in [-0.1, -0.05) is 6.92 Å². The highest BCUT2D eigenvalue weighted by Crippen LogP contribution is 2.18. The number of sulfonamides is 1. The van der Waals surface area contributed by atoms with Crippen molar-refractivity contribution in [3.8, 4) is 0 Å². The van der Waals surface area contributed by atoms with E-state index in [1.165, 1.54) is 0 Å². The Morgan fingerprint density at radius 2 is 1.91 bits per heavy atom. The zero-order valence-corrected chi connectivity index (χ0v) is 14.0. The fraction of sp³-hybridized carbons (Fsp3) is 0.571. The van der Waals surface area contributed by atoms with E-state index in [9.17, 15) is 17.2 Å². The van der Waals surface area contributed by atoms with E-state index in [1.54, 1.807) is 0 Å². The van der Waals surface area contributed by atoms with E-state index in [0.717, 1.165) is 38.2 Å². The van der Waals surface area contributed by atoms with Crippen molar-refractivity contribution in [2.45, 2.75) is 37.1 Å². The molecule has 1 saturated heterocycles. The zero-order chi connectivity index (χ0) is 15.5. The predicted octanol–water partition coefficient (Wildman–Crippen LogP) is 2.54. The van der Waals surface area contributed by atoms with Gasteiger partial charge in [-0.2, -0.15) is 0 Å². The van der Waals surface area contributed by atoms with E-state index in [0.29, 0.717) is 18.9 Å². The number of halogens is 3. The molecule has 1 aromatic rings. The van der Waals surface area contributed by atoms with Crippen molar-refractivity contribution in [2.75, 3.05) is 19.6 Å². The Morgan fingerprint density at radius 3 is 2.50 bits per heavy atom. The molecule has 126 valence electrons. The van der Waals surface area contributed by atoms with Crippen molar-refractivity contribution in [1.29, 1.82) is 0 Å². The summed E-state index contributed by atoms with van der Waals surface area (Å²) in [6, 6.07) is 2.21. The molecule has 1 aromatic carbocycles. The third-order valence-corrected chi connectivity index (χ3v) is 5.17.